The zero-order chi connectivity index (χ0) is 20.0. The maximum absolute atomic E-state index is 13.2. The predicted molar refractivity (Wildman–Crippen MR) is 112 cm³/mol. The lowest BCUT2D eigenvalue weighted by atomic mass is 9.87. The van der Waals surface area contributed by atoms with Gasteiger partial charge in [0.15, 0.2) is 5.78 Å². The number of amides is 1. The van der Waals surface area contributed by atoms with Gasteiger partial charge >= 0.3 is 0 Å². The van der Waals surface area contributed by atoms with E-state index in [1.807, 2.05) is 45.0 Å². The maximum Gasteiger partial charge on any atom is 0.226 e. The van der Waals surface area contributed by atoms with Crippen LogP contribution in [0.1, 0.15) is 56.2 Å². The van der Waals surface area contributed by atoms with Crippen LogP contribution in [0.4, 0.5) is 5.82 Å². The van der Waals surface area contributed by atoms with Crippen molar-refractivity contribution in [1.29, 1.82) is 0 Å². The van der Waals surface area contributed by atoms with Crippen molar-refractivity contribution >= 4 is 28.8 Å². The first-order valence-corrected chi connectivity index (χ1v) is 10.3. The minimum absolute atomic E-state index is 0.00359. The molecule has 3 heterocycles. The molecule has 4 rings (SSSR count). The minimum Gasteiger partial charge on any atom is -0.310 e. The topological polar surface area (TPSA) is 64.0 Å². The van der Waals surface area contributed by atoms with E-state index in [0.29, 0.717) is 10.7 Å². The molecule has 0 spiro atoms. The van der Waals surface area contributed by atoms with Gasteiger partial charge in [-0.1, -0.05) is 13.0 Å². The number of carbonyl (C=O) groups excluding carboxylic acids is 2. The van der Waals surface area contributed by atoms with E-state index in [1.54, 1.807) is 4.68 Å². The van der Waals surface area contributed by atoms with E-state index in [9.17, 15) is 9.59 Å². The number of aryl methyl sites for hydroxylation is 4. The van der Waals surface area contributed by atoms with E-state index in [-0.39, 0.29) is 18.1 Å². The van der Waals surface area contributed by atoms with Gasteiger partial charge in [0.25, 0.3) is 0 Å². The van der Waals surface area contributed by atoms with Gasteiger partial charge < -0.3 is 5.32 Å². The molecule has 0 bridgehead atoms. The third-order valence-corrected chi connectivity index (χ3v) is 6.37. The second-order valence-corrected chi connectivity index (χ2v) is 8.56. The van der Waals surface area contributed by atoms with Crippen molar-refractivity contribution in [1.82, 2.24) is 9.78 Å². The van der Waals surface area contributed by atoms with Crippen LogP contribution in [-0.2, 0) is 11.2 Å². The fourth-order valence-electron chi connectivity index (χ4n) is 3.90. The molecule has 2 aromatic heterocycles. The van der Waals surface area contributed by atoms with Gasteiger partial charge in [-0.3, -0.25) is 9.59 Å². The Morgan fingerprint density at radius 3 is 2.57 bits per heavy atom. The number of nitrogens with one attached hydrogen (secondary N) is 1. The summed E-state index contributed by atoms with van der Waals surface area (Å²) in [5, 5.41) is 7.63. The van der Waals surface area contributed by atoms with E-state index >= 15 is 0 Å². The molecule has 1 atom stereocenters. The molecule has 5 nitrogen and oxygen atoms in total. The van der Waals surface area contributed by atoms with Gasteiger partial charge in [0.1, 0.15) is 5.82 Å². The summed E-state index contributed by atoms with van der Waals surface area (Å²) >= 11 is 1.52. The zero-order valence-corrected chi connectivity index (χ0v) is 17.3. The molecule has 1 aromatic carbocycles. The lowest BCUT2D eigenvalue weighted by molar-refractivity contribution is -0.116. The van der Waals surface area contributed by atoms with E-state index in [2.05, 4.69) is 23.4 Å². The molecule has 144 valence electrons. The number of fused-ring (bicyclic) bond motifs is 1. The number of Topliss-reactive ketones (excluding diaryl/α,β-unsaturated/α-hetero) is 1. The van der Waals surface area contributed by atoms with Crippen LogP contribution in [0.3, 0.4) is 0 Å². The average Bonchev–Trinajstić information content (AvgIpc) is 3.24. The largest absolute Gasteiger partial charge is 0.310 e. The van der Waals surface area contributed by atoms with Crippen LogP contribution in [0.5, 0.6) is 0 Å². The monoisotopic (exact) mass is 393 g/mol. The summed E-state index contributed by atoms with van der Waals surface area (Å²) in [6, 6.07) is 10.0. The molecule has 1 amide bonds. The second kappa shape index (κ2) is 7.02. The van der Waals surface area contributed by atoms with Crippen molar-refractivity contribution in [2.24, 2.45) is 0 Å². The molecular weight excluding hydrogens is 370 g/mol. The maximum atomic E-state index is 13.2. The number of anilines is 1. The van der Waals surface area contributed by atoms with Gasteiger partial charge in [-0.15, -0.1) is 11.3 Å². The Kier molecular flexibility index (Phi) is 4.67. The average molecular weight is 394 g/mol. The molecule has 0 radical (unpaired) electrons. The van der Waals surface area contributed by atoms with Crippen molar-refractivity contribution in [3.8, 4) is 5.69 Å². The number of hydrogen-bond acceptors (Lipinski definition) is 4. The fraction of sp³-hybridized carbons (Fsp3) is 0.318. The lowest BCUT2D eigenvalue weighted by Gasteiger charge is -2.23. The molecule has 6 heteroatoms. The van der Waals surface area contributed by atoms with Gasteiger partial charge in [0.2, 0.25) is 5.91 Å². The van der Waals surface area contributed by atoms with Gasteiger partial charge in [-0.2, -0.15) is 5.10 Å². The van der Waals surface area contributed by atoms with Crippen molar-refractivity contribution < 1.29 is 9.59 Å². The number of rotatable bonds is 4. The standard InChI is InChI=1S/C22H23N3O2S/c1-5-16-6-7-18(28-16)21(27)17-11-19(26)23-22-20(17)14(4)24-25(22)15-9-12(2)8-13(3)10-15/h6-10,17H,5,11H2,1-4H3,(H,23,26). The SMILES string of the molecule is CCc1ccc(C(=O)C2CC(=O)Nc3c2c(C)nn3-c2cc(C)cc(C)c2)s1. The number of carbonyl (C=O) groups is 2. The molecular formula is C22H23N3O2S. The first kappa shape index (κ1) is 18.6. The number of thiophene rings is 1. The number of benzene rings is 1. The highest BCUT2D eigenvalue weighted by Gasteiger charge is 2.36. The smallest absolute Gasteiger partial charge is 0.226 e. The number of nitrogens with zero attached hydrogens (tertiary/aromatic N) is 2. The molecule has 1 N–H and O–H groups in total. The summed E-state index contributed by atoms with van der Waals surface area (Å²) in [5.74, 6) is -0.0244. The highest BCUT2D eigenvalue weighted by molar-refractivity contribution is 7.14. The van der Waals surface area contributed by atoms with Gasteiger partial charge in [-0.25, -0.2) is 4.68 Å². The van der Waals surface area contributed by atoms with Crippen molar-refractivity contribution in [3.05, 3.63) is 62.5 Å². The molecule has 0 aliphatic carbocycles. The minimum atomic E-state index is -0.494. The molecule has 28 heavy (non-hydrogen) atoms. The Hall–Kier alpha value is -2.73. The molecule has 1 aliphatic heterocycles. The van der Waals surface area contributed by atoms with Crippen molar-refractivity contribution in [3.63, 3.8) is 0 Å². The summed E-state index contributed by atoms with van der Waals surface area (Å²) in [5.41, 5.74) is 4.74. The Balaban J connectivity index is 1.82. The van der Waals surface area contributed by atoms with Gasteiger partial charge in [0, 0.05) is 16.9 Å². The fourth-order valence-corrected chi connectivity index (χ4v) is 4.84. The van der Waals surface area contributed by atoms with Gasteiger partial charge in [0.05, 0.1) is 22.2 Å². The van der Waals surface area contributed by atoms with E-state index in [4.69, 9.17) is 0 Å². The normalized spacial score (nSPS) is 16.0. The second-order valence-electron chi connectivity index (χ2n) is 7.39. The first-order chi connectivity index (χ1) is 13.4. The zero-order valence-electron chi connectivity index (χ0n) is 16.5. The summed E-state index contributed by atoms with van der Waals surface area (Å²) in [4.78, 5) is 27.6. The van der Waals surface area contributed by atoms with Gasteiger partial charge in [-0.05, 0) is 62.6 Å². The Bertz CT molecular complexity index is 1070. The highest BCUT2D eigenvalue weighted by atomic mass is 32.1. The summed E-state index contributed by atoms with van der Waals surface area (Å²) in [7, 11) is 0. The quantitative estimate of drug-likeness (QED) is 0.652. The lowest BCUT2D eigenvalue weighted by Crippen LogP contribution is -2.28. The molecule has 0 fully saturated rings. The number of ketones is 1. The Labute approximate surface area is 168 Å². The Morgan fingerprint density at radius 2 is 1.93 bits per heavy atom. The Morgan fingerprint density at radius 1 is 1.21 bits per heavy atom. The van der Waals surface area contributed by atoms with Crippen LogP contribution in [0, 0.1) is 20.8 Å². The van der Waals surface area contributed by atoms with Crippen molar-refractivity contribution in [2.45, 2.75) is 46.5 Å². The molecule has 3 aromatic rings. The molecule has 0 saturated heterocycles. The van der Waals surface area contributed by atoms with Crippen LogP contribution >= 0.6 is 11.3 Å². The van der Waals surface area contributed by atoms with Crippen LogP contribution in [0.15, 0.2) is 30.3 Å². The molecule has 1 aliphatic rings. The van der Waals surface area contributed by atoms with E-state index in [0.717, 1.165) is 34.5 Å². The van der Waals surface area contributed by atoms with Crippen LogP contribution in [-0.4, -0.2) is 21.5 Å². The third kappa shape index (κ3) is 3.18. The predicted octanol–water partition coefficient (Wildman–Crippen LogP) is 4.73. The molecule has 0 saturated carbocycles. The van der Waals surface area contributed by atoms with Crippen LogP contribution in [0.2, 0.25) is 0 Å². The summed E-state index contributed by atoms with van der Waals surface area (Å²) in [6.07, 6.45) is 1.06. The first-order valence-electron chi connectivity index (χ1n) is 9.48. The van der Waals surface area contributed by atoms with E-state index < -0.39 is 5.92 Å². The van der Waals surface area contributed by atoms with Crippen molar-refractivity contribution in [2.75, 3.05) is 5.32 Å². The summed E-state index contributed by atoms with van der Waals surface area (Å²) < 4.78 is 1.76. The number of aromatic nitrogens is 2. The van der Waals surface area contributed by atoms with Crippen LogP contribution in [0.25, 0.3) is 5.69 Å². The van der Waals surface area contributed by atoms with E-state index in [1.165, 1.54) is 16.2 Å². The number of hydrogen-bond donors (Lipinski definition) is 1. The highest BCUT2D eigenvalue weighted by Crippen LogP contribution is 2.39. The molecule has 1 unspecified atom stereocenters. The third-order valence-electron chi connectivity index (χ3n) is 5.12. The summed E-state index contributed by atoms with van der Waals surface area (Å²) in [6.45, 7) is 8.05. The van der Waals surface area contributed by atoms with Crippen LogP contribution < -0.4 is 5.32 Å².